The molecule has 0 saturated heterocycles. The molecule has 0 saturated carbocycles. The topological polar surface area (TPSA) is 30.7 Å². The Labute approximate surface area is 218 Å². The molecule has 4 aromatic carbocycles. The first-order valence-corrected chi connectivity index (χ1v) is 12.9. The summed E-state index contributed by atoms with van der Waals surface area (Å²) in [4.78, 5) is 9.16. The van der Waals surface area contributed by atoms with Gasteiger partial charge in [-0.2, -0.15) is 0 Å². The molecule has 0 N–H and O–H groups in total. The molecule has 0 radical (unpaired) electrons. The van der Waals surface area contributed by atoms with Gasteiger partial charge >= 0.3 is 0 Å². The summed E-state index contributed by atoms with van der Waals surface area (Å²) in [5.74, 6) is 0. The Morgan fingerprint density at radius 2 is 1.16 bits per heavy atom. The first kappa shape index (κ1) is 23.2. The van der Waals surface area contributed by atoms with Crippen LogP contribution in [0.15, 0.2) is 91.3 Å². The fourth-order valence-electron chi connectivity index (χ4n) is 5.99. The van der Waals surface area contributed by atoms with E-state index in [2.05, 4.69) is 128 Å². The molecular weight excluding hydrogens is 449 g/mol. The van der Waals surface area contributed by atoms with Crippen molar-refractivity contribution in [3.05, 3.63) is 114 Å². The molecule has 37 heavy (non-hydrogen) atoms. The van der Waals surface area contributed by atoms with Crippen LogP contribution in [0.25, 0.3) is 33.2 Å². The number of hydrogen-bond acceptors (Lipinski definition) is 2. The minimum absolute atomic E-state index is 0.187. The van der Waals surface area contributed by atoms with Crippen molar-refractivity contribution in [2.24, 2.45) is 7.05 Å². The molecule has 3 nitrogen and oxygen atoms in total. The highest BCUT2D eigenvalue weighted by Crippen LogP contribution is 2.29. The summed E-state index contributed by atoms with van der Waals surface area (Å²) in [6, 6.07) is 29.0. The molecule has 6 rings (SSSR count). The third-order valence-corrected chi connectivity index (χ3v) is 7.85. The lowest BCUT2D eigenvalue weighted by Gasteiger charge is -2.23. The van der Waals surface area contributed by atoms with Gasteiger partial charge in [0.2, 0.25) is 6.71 Å². The van der Waals surface area contributed by atoms with Crippen LogP contribution in [0.3, 0.4) is 0 Å². The van der Waals surface area contributed by atoms with Gasteiger partial charge in [0, 0.05) is 24.8 Å². The van der Waals surface area contributed by atoms with Crippen LogP contribution in [0, 0.1) is 27.7 Å². The van der Waals surface area contributed by atoms with Crippen molar-refractivity contribution in [3.63, 3.8) is 0 Å². The van der Waals surface area contributed by atoms with E-state index in [1.165, 1.54) is 49.8 Å². The van der Waals surface area contributed by atoms with Crippen LogP contribution in [0.1, 0.15) is 22.3 Å². The lowest BCUT2D eigenvalue weighted by Crippen LogP contribution is -2.55. The Hall–Kier alpha value is -4.18. The normalized spacial score (nSPS) is 11.4. The Bertz CT molecular complexity index is 1690. The predicted octanol–water partition coefficient (Wildman–Crippen LogP) is 5.54. The van der Waals surface area contributed by atoms with Crippen molar-refractivity contribution in [3.8, 4) is 11.1 Å². The summed E-state index contributed by atoms with van der Waals surface area (Å²) in [7, 11) is 2.05. The van der Waals surface area contributed by atoms with E-state index in [0.717, 1.165) is 22.1 Å². The monoisotopic (exact) mass is 479 g/mol. The molecule has 0 aliphatic rings. The third-order valence-electron chi connectivity index (χ3n) is 7.85. The fraction of sp³-hybridized carbons (Fsp3) is 0.152. The minimum Gasteiger partial charge on any atom is -0.327 e. The maximum atomic E-state index is 4.62. The maximum Gasteiger partial charge on any atom is 0.242 e. The van der Waals surface area contributed by atoms with Crippen molar-refractivity contribution in [2.45, 2.75) is 27.7 Å². The van der Waals surface area contributed by atoms with E-state index in [1.807, 2.05) is 0 Å². The molecule has 2 heterocycles. The van der Waals surface area contributed by atoms with Crippen molar-refractivity contribution < 1.29 is 0 Å². The van der Waals surface area contributed by atoms with Crippen LogP contribution in [-0.4, -0.2) is 21.2 Å². The Balaban J connectivity index is 1.49. The SMILES string of the molecule is Cc1cccc(C)c1B(c1ccc(-c2ccc3c(c2)c2nccnc2n3C)cc1)c1c(C)cccc1C. The lowest BCUT2D eigenvalue weighted by atomic mass is 9.34. The molecule has 0 unspecified atom stereocenters. The van der Waals surface area contributed by atoms with Gasteiger partial charge in [0.15, 0.2) is 5.65 Å². The van der Waals surface area contributed by atoms with E-state index >= 15 is 0 Å². The molecule has 0 spiro atoms. The van der Waals surface area contributed by atoms with Crippen LogP contribution in [-0.2, 0) is 7.05 Å². The molecule has 0 atom stereocenters. The molecule has 0 bridgehead atoms. The average molecular weight is 479 g/mol. The van der Waals surface area contributed by atoms with Crippen molar-refractivity contribution in [2.75, 3.05) is 0 Å². The van der Waals surface area contributed by atoms with Gasteiger partial charge in [-0.25, -0.2) is 4.98 Å². The molecule has 2 aromatic heterocycles. The maximum absolute atomic E-state index is 4.62. The van der Waals surface area contributed by atoms with E-state index in [4.69, 9.17) is 0 Å². The first-order chi connectivity index (χ1) is 17.9. The summed E-state index contributed by atoms with van der Waals surface area (Å²) in [5.41, 5.74) is 14.9. The van der Waals surface area contributed by atoms with Gasteiger partial charge < -0.3 is 4.57 Å². The number of fused-ring (bicyclic) bond motifs is 3. The summed E-state index contributed by atoms with van der Waals surface area (Å²) >= 11 is 0. The minimum atomic E-state index is 0.187. The predicted molar refractivity (Wildman–Crippen MR) is 158 cm³/mol. The lowest BCUT2D eigenvalue weighted by molar-refractivity contribution is 0.985. The second kappa shape index (κ2) is 9.04. The van der Waals surface area contributed by atoms with Crippen LogP contribution in [0.2, 0.25) is 0 Å². The fourth-order valence-corrected chi connectivity index (χ4v) is 5.99. The second-order valence-electron chi connectivity index (χ2n) is 10.2. The zero-order chi connectivity index (χ0) is 25.7. The van der Waals surface area contributed by atoms with Gasteiger partial charge in [0.1, 0.15) is 5.52 Å². The highest BCUT2D eigenvalue weighted by atomic mass is 15.0. The van der Waals surface area contributed by atoms with E-state index in [9.17, 15) is 0 Å². The van der Waals surface area contributed by atoms with Gasteiger partial charge in [-0.1, -0.05) is 105 Å². The molecule has 0 aliphatic carbocycles. The van der Waals surface area contributed by atoms with E-state index in [0.29, 0.717) is 0 Å². The van der Waals surface area contributed by atoms with Crippen LogP contribution in [0.4, 0.5) is 0 Å². The number of rotatable bonds is 4. The standard InChI is InChI=1S/C33H30BN3/c1-21-8-6-9-22(2)30(21)34(31-23(3)10-7-11-24(31)4)27-15-12-25(13-16-27)26-14-17-29-28(20-26)32-33(37(29)5)36-19-18-35-32/h6-20H,1-5H3. The summed E-state index contributed by atoms with van der Waals surface area (Å²) in [6.07, 6.45) is 3.52. The Morgan fingerprint density at radius 3 is 1.76 bits per heavy atom. The van der Waals surface area contributed by atoms with Gasteiger partial charge in [-0.05, 0) is 51.0 Å². The zero-order valence-electron chi connectivity index (χ0n) is 22.1. The number of hydrogen-bond donors (Lipinski definition) is 0. The smallest absolute Gasteiger partial charge is 0.242 e. The molecule has 0 aliphatic heterocycles. The van der Waals surface area contributed by atoms with E-state index in [-0.39, 0.29) is 6.71 Å². The third kappa shape index (κ3) is 3.84. The summed E-state index contributed by atoms with van der Waals surface area (Å²) in [6.45, 7) is 9.13. The van der Waals surface area contributed by atoms with Gasteiger partial charge in [-0.3, -0.25) is 4.98 Å². The summed E-state index contributed by atoms with van der Waals surface area (Å²) in [5, 5.41) is 1.14. The average Bonchev–Trinajstić information content (AvgIpc) is 3.19. The van der Waals surface area contributed by atoms with E-state index < -0.39 is 0 Å². The molecule has 0 fully saturated rings. The van der Waals surface area contributed by atoms with Crippen LogP contribution < -0.4 is 16.4 Å². The highest BCUT2D eigenvalue weighted by Gasteiger charge is 2.27. The quantitative estimate of drug-likeness (QED) is 0.311. The molecule has 6 aromatic rings. The largest absolute Gasteiger partial charge is 0.327 e. The number of aromatic nitrogens is 3. The Kier molecular flexibility index (Phi) is 5.68. The second-order valence-corrected chi connectivity index (χ2v) is 10.2. The molecule has 180 valence electrons. The number of aryl methyl sites for hydroxylation is 5. The van der Waals surface area contributed by atoms with Crippen LogP contribution >= 0.6 is 0 Å². The van der Waals surface area contributed by atoms with Gasteiger partial charge in [0.25, 0.3) is 0 Å². The van der Waals surface area contributed by atoms with Crippen LogP contribution in [0.5, 0.6) is 0 Å². The van der Waals surface area contributed by atoms with Crippen molar-refractivity contribution in [1.29, 1.82) is 0 Å². The van der Waals surface area contributed by atoms with Gasteiger partial charge in [-0.15, -0.1) is 0 Å². The van der Waals surface area contributed by atoms with Crippen molar-refractivity contribution in [1.82, 2.24) is 14.5 Å². The number of nitrogens with zero attached hydrogens (tertiary/aromatic N) is 3. The molecular formula is C33H30BN3. The molecule has 4 heteroatoms. The summed E-state index contributed by atoms with van der Waals surface area (Å²) < 4.78 is 2.12. The Morgan fingerprint density at radius 1 is 0.622 bits per heavy atom. The van der Waals surface area contributed by atoms with Gasteiger partial charge in [0.05, 0.1) is 5.52 Å². The molecule has 0 amide bonds. The van der Waals surface area contributed by atoms with Crippen molar-refractivity contribution >= 4 is 45.2 Å². The first-order valence-electron chi connectivity index (χ1n) is 12.9. The zero-order valence-corrected chi connectivity index (χ0v) is 22.1. The van der Waals surface area contributed by atoms with E-state index in [1.54, 1.807) is 12.4 Å². The number of benzene rings is 4. The highest BCUT2D eigenvalue weighted by molar-refractivity contribution is 6.96.